The van der Waals surface area contributed by atoms with Crippen LogP contribution in [0.4, 0.5) is 0 Å². The van der Waals surface area contributed by atoms with Gasteiger partial charge in [-0.2, -0.15) is 0 Å². The van der Waals surface area contributed by atoms with Gasteiger partial charge in [-0.15, -0.1) is 0 Å². The summed E-state index contributed by atoms with van der Waals surface area (Å²) in [5, 5.41) is 9.66. The Labute approximate surface area is 94.4 Å². The summed E-state index contributed by atoms with van der Waals surface area (Å²) in [6.45, 7) is 5.93. The molecule has 0 aliphatic rings. The van der Waals surface area contributed by atoms with Crippen LogP contribution in [0.3, 0.4) is 0 Å². The van der Waals surface area contributed by atoms with E-state index in [4.69, 9.17) is 0 Å². The van der Waals surface area contributed by atoms with Gasteiger partial charge in [0, 0.05) is 4.47 Å². The van der Waals surface area contributed by atoms with Gasteiger partial charge in [0.15, 0.2) is 0 Å². The zero-order valence-electron chi connectivity index (χ0n) is 7.20. The van der Waals surface area contributed by atoms with Crippen LogP contribution in [-0.4, -0.2) is 5.11 Å². The lowest BCUT2D eigenvalue weighted by Crippen LogP contribution is -1.92. The SMILES string of the molecule is Cc1c(C)c(Br)c(C)c(I)c1O. The Morgan fingerprint density at radius 2 is 1.58 bits per heavy atom. The van der Waals surface area contributed by atoms with Crippen LogP contribution in [0, 0.1) is 24.3 Å². The normalized spacial score (nSPS) is 10.4. The van der Waals surface area contributed by atoms with Crippen molar-refractivity contribution in [1.82, 2.24) is 0 Å². The maximum Gasteiger partial charge on any atom is 0.132 e. The average molecular weight is 341 g/mol. The third-order valence-corrected chi connectivity index (χ3v) is 4.62. The monoisotopic (exact) mass is 340 g/mol. The summed E-state index contributed by atoms with van der Waals surface area (Å²) < 4.78 is 2.03. The van der Waals surface area contributed by atoms with Crippen molar-refractivity contribution in [3.63, 3.8) is 0 Å². The predicted molar refractivity (Wildman–Crippen MR) is 62.7 cm³/mol. The lowest BCUT2D eigenvalue weighted by atomic mass is 10.1. The molecule has 1 aromatic carbocycles. The molecule has 0 atom stereocenters. The molecule has 12 heavy (non-hydrogen) atoms. The predicted octanol–water partition coefficient (Wildman–Crippen LogP) is 3.68. The van der Waals surface area contributed by atoms with Crippen molar-refractivity contribution in [3.8, 4) is 5.75 Å². The maximum atomic E-state index is 9.66. The van der Waals surface area contributed by atoms with Crippen molar-refractivity contribution in [2.24, 2.45) is 0 Å². The fourth-order valence-corrected chi connectivity index (χ4v) is 2.60. The maximum absolute atomic E-state index is 9.66. The number of phenols is 1. The first-order valence-corrected chi connectivity index (χ1v) is 5.47. The van der Waals surface area contributed by atoms with Crippen LogP contribution in [0.1, 0.15) is 16.7 Å². The van der Waals surface area contributed by atoms with Gasteiger partial charge in [0.2, 0.25) is 0 Å². The number of aromatic hydroxyl groups is 1. The highest BCUT2D eigenvalue weighted by Crippen LogP contribution is 2.35. The van der Waals surface area contributed by atoms with Gasteiger partial charge in [0.25, 0.3) is 0 Å². The topological polar surface area (TPSA) is 20.2 Å². The molecule has 3 heteroatoms. The number of halogens is 2. The first-order valence-electron chi connectivity index (χ1n) is 3.60. The van der Waals surface area contributed by atoms with Crippen molar-refractivity contribution < 1.29 is 5.11 Å². The molecule has 1 N–H and O–H groups in total. The van der Waals surface area contributed by atoms with E-state index in [1.165, 1.54) is 0 Å². The number of hydrogen-bond donors (Lipinski definition) is 1. The molecule has 0 bridgehead atoms. The zero-order chi connectivity index (χ0) is 9.46. The summed E-state index contributed by atoms with van der Waals surface area (Å²) in [6, 6.07) is 0. The van der Waals surface area contributed by atoms with Crippen molar-refractivity contribution in [3.05, 3.63) is 24.7 Å². The Kier molecular flexibility index (Phi) is 3.04. The second kappa shape index (κ2) is 3.54. The second-order valence-corrected chi connectivity index (χ2v) is 4.72. The Hall–Kier alpha value is 0.230. The Balaban J connectivity index is 3.60. The third kappa shape index (κ3) is 1.48. The fourth-order valence-electron chi connectivity index (χ4n) is 1.06. The van der Waals surface area contributed by atoms with Crippen molar-refractivity contribution >= 4 is 38.5 Å². The molecule has 0 aromatic heterocycles. The highest BCUT2D eigenvalue weighted by Gasteiger charge is 2.12. The van der Waals surface area contributed by atoms with Crippen molar-refractivity contribution in [2.45, 2.75) is 20.8 Å². The molecule has 0 saturated carbocycles. The Morgan fingerprint density at radius 3 is 2.08 bits per heavy atom. The second-order valence-electron chi connectivity index (χ2n) is 2.85. The summed E-state index contributed by atoms with van der Waals surface area (Å²) in [5.74, 6) is 0.411. The van der Waals surface area contributed by atoms with Crippen LogP contribution < -0.4 is 0 Å². The minimum atomic E-state index is 0.411. The molecule has 0 unspecified atom stereocenters. The molecule has 0 radical (unpaired) electrons. The molecule has 1 aromatic rings. The molecular formula is C9H10BrIO. The average Bonchev–Trinajstić information content (AvgIpc) is 2.08. The quantitative estimate of drug-likeness (QED) is 0.714. The smallest absolute Gasteiger partial charge is 0.132 e. The standard InChI is InChI=1S/C9H10BrIO/c1-4-5(2)9(12)8(11)6(3)7(4)10/h12H,1-3H3. The van der Waals surface area contributed by atoms with Crippen LogP contribution in [-0.2, 0) is 0 Å². The van der Waals surface area contributed by atoms with Gasteiger partial charge >= 0.3 is 0 Å². The van der Waals surface area contributed by atoms with E-state index in [1.807, 2.05) is 20.8 Å². The van der Waals surface area contributed by atoms with E-state index in [-0.39, 0.29) is 0 Å². The van der Waals surface area contributed by atoms with E-state index in [1.54, 1.807) is 0 Å². The van der Waals surface area contributed by atoms with Gasteiger partial charge in [0.1, 0.15) is 5.75 Å². The van der Waals surface area contributed by atoms with E-state index in [2.05, 4.69) is 38.5 Å². The van der Waals surface area contributed by atoms with Crippen molar-refractivity contribution in [2.75, 3.05) is 0 Å². The van der Waals surface area contributed by atoms with E-state index >= 15 is 0 Å². The summed E-state index contributed by atoms with van der Waals surface area (Å²) in [7, 11) is 0. The molecule has 0 spiro atoms. The molecule has 0 aliphatic carbocycles. The van der Waals surface area contributed by atoms with Gasteiger partial charge in [-0.1, -0.05) is 15.9 Å². The molecule has 0 amide bonds. The molecule has 0 saturated heterocycles. The van der Waals surface area contributed by atoms with Gasteiger partial charge in [0.05, 0.1) is 3.57 Å². The number of rotatable bonds is 0. The van der Waals surface area contributed by atoms with E-state index in [0.29, 0.717) is 5.75 Å². The molecule has 66 valence electrons. The first-order chi connectivity index (χ1) is 5.46. The van der Waals surface area contributed by atoms with Crippen LogP contribution in [0.25, 0.3) is 0 Å². The first kappa shape index (κ1) is 10.3. The van der Waals surface area contributed by atoms with E-state index in [0.717, 1.165) is 24.7 Å². The molecule has 0 aliphatic heterocycles. The van der Waals surface area contributed by atoms with Gasteiger partial charge in [-0.3, -0.25) is 0 Å². The summed E-state index contributed by atoms with van der Waals surface area (Å²) in [5.41, 5.74) is 3.18. The van der Waals surface area contributed by atoms with Crippen LogP contribution in [0.2, 0.25) is 0 Å². The minimum absolute atomic E-state index is 0.411. The number of benzene rings is 1. The molecular weight excluding hydrogens is 331 g/mol. The highest BCUT2D eigenvalue weighted by atomic mass is 127. The van der Waals surface area contributed by atoms with E-state index < -0.39 is 0 Å². The Bertz CT molecular complexity index is 229. The van der Waals surface area contributed by atoms with Crippen LogP contribution in [0.15, 0.2) is 4.47 Å². The summed E-state index contributed by atoms with van der Waals surface area (Å²) in [6.07, 6.45) is 0. The third-order valence-electron chi connectivity index (χ3n) is 2.11. The van der Waals surface area contributed by atoms with Gasteiger partial charge < -0.3 is 5.11 Å². The number of phenolic OH excluding ortho intramolecular Hbond substituents is 1. The summed E-state index contributed by atoms with van der Waals surface area (Å²) in [4.78, 5) is 0. The van der Waals surface area contributed by atoms with E-state index in [9.17, 15) is 5.11 Å². The minimum Gasteiger partial charge on any atom is -0.507 e. The van der Waals surface area contributed by atoms with Crippen molar-refractivity contribution in [1.29, 1.82) is 0 Å². The van der Waals surface area contributed by atoms with Gasteiger partial charge in [-0.05, 0) is 60.1 Å². The molecule has 1 rings (SSSR count). The lowest BCUT2D eigenvalue weighted by molar-refractivity contribution is 0.466. The van der Waals surface area contributed by atoms with Gasteiger partial charge in [-0.25, -0.2) is 0 Å². The number of hydrogen-bond acceptors (Lipinski definition) is 1. The molecule has 1 nitrogen and oxygen atoms in total. The summed E-state index contributed by atoms with van der Waals surface area (Å²) >= 11 is 5.66. The molecule has 0 fully saturated rings. The Morgan fingerprint density at radius 1 is 1.08 bits per heavy atom. The fraction of sp³-hybridized carbons (Fsp3) is 0.333. The van der Waals surface area contributed by atoms with Crippen LogP contribution >= 0.6 is 38.5 Å². The molecule has 0 heterocycles. The highest BCUT2D eigenvalue weighted by molar-refractivity contribution is 14.1. The zero-order valence-corrected chi connectivity index (χ0v) is 10.9. The van der Waals surface area contributed by atoms with Crippen LogP contribution in [0.5, 0.6) is 5.75 Å². The lowest BCUT2D eigenvalue weighted by Gasteiger charge is -2.11. The largest absolute Gasteiger partial charge is 0.507 e.